The Morgan fingerprint density at radius 3 is 2.35 bits per heavy atom. The van der Waals surface area contributed by atoms with Crippen molar-refractivity contribution in [1.82, 2.24) is 0 Å². The van der Waals surface area contributed by atoms with E-state index in [0.29, 0.717) is 19.3 Å². The molecule has 5 rings (SSSR count). The third-order valence-electron chi connectivity index (χ3n) is 9.66. The fourth-order valence-electron chi connectivity index (χ4n) is 7.37. The highest BCUT2D eigenvalue weighted by Gasteiger charge is 2.79. The number of ether oxygens (including phenoxy) is 1. The van der Waals surface area contributed by atoms with Crippen molar-refractivity contribution in [3.05, 3.63) is 95.6 Å². The fourth-order valence-corrected chi connectivity index (χ4v) is 7.37. The van der Waals surface area contributed by atoms with Crippen molar-refractivity contribution in [3.8, 4) is 22.6 Å². The predicted octanol–water partition coefficient (Wildman–Crippen LogP) is 5.40. The Morgan fingerprint density at radius 2 is 1.70 bits per heavy atom. The number of Topliss-reactive ketones (excluding diaryl/α,β-unsaturated/α-hetero) is 1. The minimum absolute atomic E-state index is 0.0805. The number of aliphatic hydroxyl groups is 2. The molecule has 6 heteroatoms. The van der Waals surface area contributed by atoms with Crippen molar-refractivity contribution in [1.29, 1.82) is 0 Å². The third-order valence-corrected chi connectivity index (χ3v) is 9.66. The molecule has 40 heavy (non-hydrogen) atoms. The first-order valence-electron chi connectivity index (χ1n) is 13.8. The maximum atomic E-state index is 14.0. The summed E-state index contributed by atoms with van der Waals surface area (Å²) in [5.74, 6) is -2.14. The lowest BCUT2D eigenvalue weighted by Crippen LogP contribution is -2.55. The number of benzene rings is 3. The van der Waals surface area contributed by atoms with Crippen LogP contribution >= 0.6 is 0 Å². The van der Waals surface area contributed by atoms with Crippen molar-refractivity contribution >= 4 is 5.78 Å². The van der Waals surface area contributed by atoms with Crippen LogP contribution in [-0.2, 0) is 22.4 Å². The van der Waals surface area contributed by atoms with Crippen molar-refractivity contribution in [2.24, 2.45) is 22.7 Å². The highest BCUT2D eigenvalue weighted by molar-refractivity contribution is 5.89. The average Bonchev–Trinajstić information content (AvgIpc) is 3.29. The number of rotatable bonds is 9. The van der Waals surface area contributed by atoms with E-state index >= 15 is 0 Å². The van der Waals surface area contributed by atoms with Crippen LogP contribution in [0.1, 0.15) is 43.4 Å². The minimum Gasteiger partial charge on any atom is -0.508 e. The van der Waals surface area contributed by atoms with Gasteiger partial charge in [-0.2, -0.15) is 0 Å². The second-order valence-corrected chi connectivity index (χ2v) is 11.9. The number of ketones is 1. The molecule has 3 aromatic rings. The zero-order valence-electron chi connectivity index (χ0n) is 23.4. The van der Waals surface area contributed by atoms with E-state index in [0.717, 1.165) is 33.4 Å². The van der Waals surface area contributed by atoms with Crippen LogP contribution in [0, 0.1) is 22.7 Å². The van der Waals surface area contributed by atoms with Gasteiger partial charge in [-0.1, -0.05) is 74.5 Å². The van der Waals surface area contributed by atoms with E-state index in [-0.39, 0.29) is 36.2 Å². The number of phenols is 2. The summed E-state index contributed by atoms with van der Waals surface area (Å²) in [5.41, 5.74) is 3.44. The van der Waals surface area contributed by atoms with Crippen molar-refractivity contribution in [2.75, 3.05) is 13.7 Å². The molecule has 0 radical (unpaired) electrons. The maximum absolute atomic E-state index is 14.0. The largest absolute Gasteiger partial charge is 0.508 e. The Bertz CT molecular complexity index is 1440. The lowest BCUT2D eigenvalue weighted by molar-refractivity contribution is -0.253. The lowest BCUT2D eigenvalue weighted by Gasteiger charge is -2.46. The monoisotopic (exact) mass is 542 g/mol. The van der Waals surface area contributed by atoms with Crippen LogP contribution < -0.4 is 0 Å². The molecule has 4 atom stereocenters. The molecule has 2 aliphatic rings. The van der Waals surface area contributed by atoms with Gasteiger partial charge in [0.05, 0.1) is 5.41 Å². The van der Waals surface area contributed by atoms with Gasteiger partial charge in [0.2, 0.25) is 0 Å². The van der Waals surface area contributed by atoms with E-state index in [9.17, 15) is 25.2 Å². The summed E-state index contributed by atoms with van der Waals surface area (Å²) in [4.78, 5) is 14.0. The van der Waals surface area contributed by atoms with Gasteiger partial charge in [-0.05, 0) is 64.8 Å². The van der Waals surface area contributed by atoms with E-state index in [4.69, 9.17) is 4.74 Å². The summed E-state index contributed by atoms with van der Waals surface area (Å²) < 4.78 is 5.67. The number of hydrogen-bond donors (Lipinski definition) is 4. The molecular formula is C34H38O6. The first-order chi connectivity index (χ1) is 19.0. The van der Waals surface area contributed by atoms with Crippen LogP contribution in [0.3, 0.4) is 0 Å². The zero-order valence-corrected chi connectivity index (χ0v) is 23.4. The summed E-state index contributed by atoms with van der Waals surface area (Å²) >= 11 is 0. The number of aliphatic hydroxyl groups excluding tert-OH is 1. The van der Waals surface area contributed by atoms with Gasteiger partial charge in [-0.3, -0.25) is 4.79 Å². The fraction of sp³-hybridized carbons (Fsp3) is 0.382. The van der Waals surface area contributed by atoms with Crippen molar-refractivity contribution < 1.29 is 30.0 Å². The van der Waals surface area contributed by atoms with Crippen LogP contribution in [-0.4, -0.2) is 45.7 Å². The highest BCUT2D eigenvalue weighted by atomic mass is 16.6. The second-order valence-electron chi connectivity index (χ2n) is 11.9. The molecule has 2 saturated carbocycles. The topological polar surface area (TPSA) is 107 Å². The first kappa shape index (κ1) is 28.1. The standard InChI is InChI=1S/C34H38O6/c1-21-31-27(20-35)19-33(32(21,2)3,34(31,39)40-4)30(38)15-10-22-6-5-7-24(16-22)25-11-12-26(29(37)18-25)17-23-8-13-28(36)14-9-23/h5-9,11-14,16,18,27,31,35-37,39H,1,10,15,17,19-20H2,2-4H3. The van der Waals surface area contributed by atoms with E-state index in [2.05, 4.69) is 6.58 Å². The van der Waals surface area contributed by atoms with Gasteiger partial charge in [0.25, 0.3) is 0 Å². The number of methoxy groups -OCH3 is 1. The molecule has 3 aromatic carbocycles. The number of fused-ring (bicyclic) bond motifs is 2. The molecule has 2 aliphatic carbocycles. The summed E-state index contributed by atoms with van der Waals surface area (Å²) in [6.07, 6.45) is 1.60. The van der Waals surface area contributed by atoms with Crippen LogP contribution in [0.25, 0.3) is 11.1 Å². The molecule has 2 bridgehead atoms. The average molecular weight is 543 g/mol. The molecule has 2 fully saturated rings. The Kier molecular flexibility index (Phi) is 7.15. The van der Waals surface area contributed by atoms with Gasteiger partial charge in [-0.25, -0.2) is 0 Å². The molecule has 0 aliphatic heterocycles. The van der Waals surface area contributed by atoms with Crippen LogP contribution in [0.2, 0.25) is 0 Å². The van der Waals surface area contributed by atoms with Gasteiger partial charge in [-0.15, -0.1) is 0 Å². The van der Waals surface area contributed by atoms with Gasteiger partial charge >= 0.3 is 0 Å². The van der Waals surface area contributed by atoms with Gasteiger partial charge in [0, 0.05) is 37.9 Å². The number of carbonyl (C=O) groups excluding carboxylic acids is 1. The van der Waals surface area contributed by atoms with E-state index in [1.807, 2.05) is 62.4 Å². The molecule has 6 nitrogen and oxygen atoms in total. The Labute approximate surface area is 235 Å². The van der Waals surface area contributed by atoms with E-state index in [1.165, 1.54) is 7.11 Å². The number of aryl methyl sites for hydroxylation is 1. The Balaban J connectivity index is 1.34. The van der Waals surface area contributed by atoms with Gasteiger partial charge in [0.15, 0.2) is 5.79 Å². The van der Waals surface area contributed by atoms with Crippen molar-refractivity contribution in [2.45, 2.75) is 45.3 Å². The molecule has 210 valence electrons. The zero-order chi connectivity index (χ0) is 28.9. The van der Waals surface area contributed by atoms with Crippen LogP contribution in [0.4, 0.5) is 0 Å². The van der Waals surface area contributed by atoms with Gasteiger partial charge < -0.3 is 25.2 Å². The third kappa shape index (κ3) is 4.17. The van der Waals surface area contributed by atoms with E-state index < -0.39 is 22.5 Å². The molecular weight excluding hydrogens is 504 g/mol. The van der Waals surface area contributed by atoms with E-state index in [1.54, 1.807) is 18.2 Å². The minimum atomic E-state index is -1.70. The molecule has 4 N–H and O–H groups in total. The summed E-state index contributed by atoms with van der Waals surface area (Å²) in [7, 11) is 1.43. The molecule has 0 heterocycles. The maximum Gasteiger partial charge on any atom is 0.185 e. The Hall–Kier alpha value is -3.45. The molecule has 4 unspecified atom stereocenters. The molecule has 0 spiro atoms. The lowest BCUT2D eigenvalue weighted by atomic mass is 9.58. The molecule has 0 saturated heterocycles. The smallest absolute Gasteiger partial charge is 0.185 e. The summed E-state index contributed by atoms with van der Waals surface area (Å²) in [6.45, 7) is 7.99. The second kappa shape index (κ2) is 10.2. The highest BCUT2D eigenvalue weighted by Crippen LogP contribution is 2.73. The Morgan fingerprint density at radius 1 is 1.00 bits per heavy atom. The number of aromatic hydroxyl groups is 2. The normalized spacial score (nSPS) is 26.8. The van der Waals surface area contributed by atoms with Gasteiger partial charge in [0.1, 0.15) is 17.3 Å². The van der Waals surface area contributed by atoms with Crippen molar-refractivity contribution in [3.63, 3.8) is 0 Å². The molecule has 0 amide bonds. The molecule has 0 aromatic heterocycles. The summed E-state index contributed by atoms with van der Waals surface area (Å²) in [5, 5.41) is 42.0. The predicted molar refractivity (Wildman–Crippen MR) is 154 cm³/mol. The SMILES string of the molecule is C=C1C2C(CO)CC(C(=O)CCc3cccc(-c4ccc(Cc5ccc(O)cc5)c(O)c4)c3)(C1(C)C)C2(O)OC. The van der Waals surface area contributed by atoms with Crippen LogP contribution in [0.15, 0.2) is 78.9 Å². The summed E-state index contributed by atoms with van der Waals surface area (Å²) in [6, 6.07) is 20.5. The number of carbonyl (C=O) groups is 1. The number of hydrogen-bond acceptors (Lipinski definition) is 6. The van der Waals surface area contributed by atoms with Crippen LogP contribution in [0.5, 0.6) is 11.5 Å². The quantitative estimate of drug-likeness (QED) is 0.213. The number of phenolic OH excluding ortho intramolecular Hbond substituents is 2. The first-order valence-corrected chi connectivity index (χ1v) is 13.8.